The molecule has 3 N–H and O–H groups in total. The number of fused-ring (bicyclic) bond motifs is 2. The van der Waals surface area contributed by atoms with E-state index in [4.69, 9.17) is 5.73 Å². The Labute approximate surface area is 117 Å². The summed E-state index contributed by atoms with van der Waals surface area (Å²) in [5.74, 6) is 0.513. The number of carbonyl (C=O) groups is 1. The number of rotatable bonds is 4. The number of hydrogen-bond donors (Lipinski definition) is 2. The van der Waals surface area contributed by atoms with Crippen LogP contribution in [0.3, 0.4) is 0 Å². The van der Waals surface area contributed by atoms with Gasteiger partial charge in [0, 0.05) is 18.1 Å². The fraction of sp³-hybridized carbons (Fsp3) is 0.933. The van der Waals surface area contributed by atoms with Crippen LogP contribution in [-0.4, -0.2) is 42.0 Å². The minimum Gasteiger partial charge on any atom is -0.352 e. The lowest BCUT2D eigenvalue weighted by Gasteiger charge is -2.47. The Morgan fingerprint density at radius 1 is 1.32 bits per heavy atom. The molecule has 0 radical (unpaired) electrons. The first-order valence-corrected chi connectivity index (χ1v) is 7.75. The largest absolute Gasteiger partial charge is 0.352 e. The normalized spacial score (nSPS) is 33.2. The fourth-order valence-electron chi connectivity index (χ4n) is 3.66. The lowest BCUT2D eigenvalue weighted by molar-refractivity contribution is -0.124. The van der Waals surface area contributed by atoms with Crippen LogP contribution >= 0.6 is 0 Å². The molecular weight excluding hydrogens is 238 g/mol. The van der Waals surface area contributed by atoms with Crippen LogP contribution in [0, 0.1) is 5.92 Å². The number of hydrogen-bond acceptors (Lipinski definition) is 3. The van der Waals surface area contributed by atoms with E-state index in [-0.39, 0.29) is 11.9 Å². The minimum absolute atomic E-state index is 0.0429. The molecule has 4 nitrogen and oxygen atoms in total. The molecule has 2 aliphatic heterocycles. The van der Waals surface area contributed by atoms with Crippen molar-refractivity contribution in [3.63, 3.8) is 0 Å². The first-order valence-electron chi connectivity index (χ1n) is 7.75. The van der Waals surface area contributed by atoms with Crippen molar-refractivity contribution in [3.8, 4) is 0 Å². The molecule has 2 saturated heterocycles. The number of piperidine rings is 2. The van der Waals surface area contributed by atoms with E-state index in [1.54, 1.807) is 0 Å². The average molecular weight is 267 g/mol. The van der Waals surface area contributed by atoms with Crippen LogP contribution in [0.5, 0.6) is 0 Å². The highest BCUT2D eigenvalue weighted by Crippen LogP contribution is 2.32. The number of nitrogens with two attached hydrogens (primary N) is 1. The van der Waals surface area contributed by atoms with Crippen molar-refractivity contribution in [1.82, 2.24) is 10.2 Å². The number of nitrogens with one attached hydrogen (secondary N) is 1. The molecule has 4 heteroatoms. The molecule has 2 heterocycles. The summed E-state index contributed by atoms with van der Waals surface area (Å²) in [6.45, 7) is 4.21. The van der Waals surface area contributed by atoms with Crippen LogP contribution in [0.2, 0.25) is 0 Å². The summed E-state index contributed by atoms with van der Waals surface area (Å²) in [4.78, 5) is 14.6. The number of nitrogens with zero attached hydrogens (tertiary/aromatic N) is 1. The highest BCUT2D eigenvalue weighted by atomic mass is 16.2. The maximum atomic E-state index is 12.1. The fourth-order valence-corrected chi connectivity index (χ4v) is 3.66. The third kappa shape index (κ3) is 3.69. The Morgan fingerprint density at radius 2 is 1.89 bits per heavy atom. The maximum Gasteiger partial charge on any atom is 0.237 e. The summed E-state index contributed by atoms with van der Waals surface area (Å²) in [6.07, 6.45) is 6.84. The monoisotopic (exact) mass is 267 g/mol. The molecule has 2 bridgehead atoms. The first kappa shape index (κ1) is 14.8. The Morgan fingerprint density at radius 3 is 2.42 bits per heavy atom. The average Bonchev–Trinajstić information content (AvgIpc) is 2.29. The molecule has 2 fully saturated rings. The third-order valence-electron chi connectivity index (χ3n) is 4.75. The predicted molar refractivity (Wildman–Crippen MR) is 77.8 cm³/mol. The van der Waals surface area contributed by atoms with Crippen molar-refractivity contribution in [1.29, 1.82) is 0 Å². The van der Waals surface area contributed by atoms with Gasteiger partial charge in [0.25, 0.3) is 0 Å². The van der Waals surface area contributed by atoms with Crippen molar-refractivity contribution in [2.24, 2.45) is 11.7 Å². The Hall–Kier alpha value is -0.610. The van der Waals surface area contributed by atoms with Gasteiger partial charge in [-0.15, -0.1) is 0 Å². The molecule has 0 spiro atoms. The number of carbonyl (C=O) groups excluding carboxylic acids is 1. The SMILES string of the molecule is CC(C)CC(N)C(=O)NC1CC2CCCC(C1)N2C. The first-order chi connectivity index (χ1) is 8.97. The molecule has 19 heavy (non-hydrogen) atoms. The molecule has 0 aromatic heterocycles. The molecule has 0 saturated carbocycles. The molecule has 0 aliphatic carbocycles. The van der Waals surface area contributed by atoms with Gasteiger partial charge in [-0.1, -0.05) is 20.3 Å². The topological polar surface area (TPSA) is 58.4 Å². The van der Waals surface area contributed by atoms with Crippen molar-refractivity contribution >= 4 is 5.91 Å². The van der Waals surface area contributed by atoms with Gasteiger partial charge in [-0.25, -0.2) is 0 Å². The van der Waals surface area contributed by atoms with E-state index in [2.05, 4.69) is 31.1 Å². The zero-order chi connectivity index (χ0) is 14.0. The minimum atomic E-state index is -0.348. The van der Waals surface area contributed by atoms with Crippen LogP contribution < -0.4 is 11.1 Å². The van der Waals surface area contributed by atoms with Crippen LogP contribution in [0.1, 0.15) is 52.4 Å². The molecule has 3 atom stereocenters. The van der Waals surface area contributed by atoms with Gasteiger partial charge in [0.2, 0.25) is 5.91 Å². The summed E-state index contributed by atoms with van der Waals surface area (Å²) >= 11 is 0. The van der Waals surface area contributed by atoms with Gasteiger partial charge in [-0.3, -0.25) is 4.79 Å². The van der Waals surface area contributed by atoms with Gasteiger partial charge in [0.1, 0.15) is 0 Å². The quantitative estimate of drug-likeness (QED) is 0.811. The van der Waals surface area contributed by atoms with Crippen molar-refractivity contribution in [3.05, 3.63) is 0 Å². The van der Waals surface area contributed by atoms with Crippen LogP contribution in [-0.2, 0) is 4.79 Å². The molecule has 2 rings (SSSR count). The molecule has 2 aliphatic rings. The van der Waals surface area contributed by atoms with Gasteiger partial charge in [-0.2, -0.15) is 0 Å². The smallest absolute Gasteiger partial charge is 0.237 e. The molecule has 110 valence electrons. The standard InChI is InChI=1S/C15H29N3O/c1-10(2)7-14(16)15(19)17-11-8-12-5-4-6-13(9-11)18(12)3/h10-14H,4-9,16H2,1-3H3,(H,17,19). The van der Waals surface area contributed by atoms with Gasteiger partial charge >= 0.3 is 0 Å². The van der Waals surface area contributed by atoms with Crippen molar-refractivity contribution in [2.75, 3.05) is 7.05 Å². The van der Waals surface area contributed by atoms with Crippen molar-refractivity contribution in [2.45, 2.75) is 76.5 Å². The van der Waals surface area contributed by atoms with E-state index in [1.807, 2.05) is 0 Å². The molecule has 0 aromatic rings. The van der Waals surface area contributed by atoms with Gasteiger partial charge in [0.05, 0.1) is 6.04 Å². The second-order valence-corrected chi connectivity index (χ2v) is 6.82. The molecular formula is C15H29N3O. The van der Waals surface area contributed by atoms with E-state index in [0.29, 0.717) is 24.0 Å². The summed E-state index contributed by atoms with van der Waals surface area (Å²) in [5, 5.41) is 3.18. The van der Waals surface area contributed by atoms with E-state index >= 15 is 0 Å². The van der Waals surface area contributed by atoms with Gasteiger partial charge in [-0.05, 0) is 45.1 Å². The van der Waals surface area contributed by atoms with E-state index in [1.165, 1.54) is 19.3 Å². The summed E-state index contributed by atoms with van der Waals surface area (Å²) in [7, 11) is 2.23. The lowest BCUT2D eigenvalue weighted by atomic mass is 9.82. The third-order valence-corrected chi connectivity index (χ3v) is 4.75. The highest BCUT2D eigenvalue weighted by molar-refractivity contribution is 5.81. The molecule has 0 aromatic carbocycles. The maximum absolute atomic E-state index is 12.1. The predicted octanol–water partition coefficient (Wildman–Crippen LogP) is 1.49. The second kappa shape index (κ2) is 6.23. The molecule has 1 amide bonds. The second-order valence-electron chi connectivity index (χ2n) is 6.82. The van der Waals surface area contributed by atoms with E-state index in [0.717, 1.165) is 19.3 Å². The van der Waals surface area contributed by atoms with Crippen molar-refractivity contribution < 1.29 is 4.79 Å². The van der Waals surface area contributed by atoms with Gasteiger partial charge < -0.3 is 16.0 Å². The van der Waals surface area contributed by atoms with E-state index < -0.39 is 0 Å². The van der Waals surface area contributed by atoms with Crippen LogP contribution in [0.4, 0.5) is 0 Å². The number of amides is 1. The lowest BCUT2D eigenvalue weighted by Crippen LogP contribution is -2.57. The Balaban J connectivity index is 1.85. The zero-order valence-electron chi connectivity index (χ0n) is 12.6. The molecule has 3 unspecified atom stereocenters. The summed E-state index contributed by atoms with van der Waals surface area (Å²) in [6, 6.07) is 1.29. The van der Waals surface area contributed by atoms with Crippen LogP contribution in [0.15, 0.2) is 0 Å². The Bertz CT molecular complexity index is 305. The Kier molecular flexibility index (Phi) is 4.85. The van der Waals surface area contributed by atoms with Crippen LogP contribution in [0.25, 0.3) is 0 Å². The zero-order valence-corrected chi connectivity index (χ0v) is 12.6. The summed E-state index contributed by atoms with van der Waals surface area (Å²) < 4.78 is 0. The van der Waals surface area contributed by atoms with Gasteiger partial charge in [0.15, 0.2) is 0 Å². The highest BCUT2D eigenvalue weighted by Gasteiger charge is 2.36. The van der Waals surface area contributed by atoms with E-state index in [9.17, 15) is 4.79 Å². The summed E-state index contributed by atoms with van der Waals surface area (Å²) in [5.41, 5.74) is 5.96.